The van der Waals surface area contributed by atoms with Crippen molar-refractivity contribution < 1.29 is 13.2 Å². The van der Waals surface area contributed by atoms with Crippen molar-refractivity contribution in [1.29, 1.82) is 0 Å². The molecule has 122 valence electrons. The van der Waals surface area contributed by atoms with E-state index < -0.39 is 10.0 Å². The third-order valence-electron chi connectivity index (χ3n) is 3.49. The third kappa shape index (κ3) is 3.57. The van der Waals surface area contributed by atoms with Gasteiger partial charge in [0.1, 0.15) is 17.7 Å². The van der Waals surface area contributed by atoms with Crippen LogP contribution in [0.25, 0.3) is 11.1 Å². The molecule has 1 atom stereocenters. The SMILES string of the molecule is CS(=O)(=O)Nc1ccc(-c2cc(Cl)cc3c2OC(CN)C3)cn1. The minimum atomic E-state index is -3.35. The van der Waals surface area contributed by atoms with Crippen molar-refractivity contribution in [2.45, 2.75) is 12.5 Å². The molecular formula is C15H16ClN3O3S. The summed E-state index contributed by atoms with van der Waals surface area (Å²) in [5.41, 5.74) is 8.31. The fourth-order valence-corrected chi connectivity index (χ4v) is 3.29. The van der Waals surface area contributed by atoms with Crippen LogP contribution in [-0.2, 0) is 16.4 Å². The van der Waals surface area contributed by atoms with Crippen molar-refractivity contribution in [2.75, 3.05) is 17.5 Å². The second kappa shape index (κ2) is 5.99. The van der Waals surface area contributed by atoms with Crippen molar-refractivity contribution >= 4 is 27.4 Å². The Hall–Kier alpha value is -1.83. The van der Waals surface area contributed by atoms with Crippen LogP contribution >= 0.6 is 11.6 Å². The first kappa shape index (κ1) is 16.0. The van der Waals surface area contributed by atoms with Crippen LogP contribution in [0.2, 0.25) is 5.02 Å². The van der Waals surface area contributed by atoms with Gasteiger partial charge < -0.3 is 10.5 Å². The van der Waals surface area contributed by atoms with E-state index in [1.807, 2.05) is 6.07 Å². The Bertz CT molecular complexity index is 838. The summed E-state index contributed by atoms with van der Waals surface area (Å²) in [6.45, 7) is 0.432. The van der Waals surface area contributed by atoms with Crippen molar-refractivity contribution in [2.24, 2.45) is 5.73 Å². The Morgan fingerprint density at radius 2 is 2.22 bits per heavy atom. The molecule has 0 saturated carbocycles. The number of nitrogens with two attached hydrogens (primary N) is 1. The Kier molecular flexibility index (Phi) is 4.18. The predicted molar refractivity (Wildman–Crippen MR) is 90.3 cm³/mol. The first-order valence-electron chi connectivity index (χ1n) is 6.99. The molecule has 2 heterocycles. The van der Waals surface area contributed by atoms with Crippen molar-refractivity contribution in [3.05, 3.63) is 41.0 Å². The van der Waals surface area contributed by atoms with Gasteiger partial charge in [0.2, 0.25) is 10.0 Å². The van der Waals surface area contributed by atoms with Crippen LogP contribution in [0.4, 0.5) is 5.82 Å². The van der Waals surface area contributed by atoms with Gasteiger partial charge in [0.15, 0.2) is 0 Å². The van der Waals surface area contributed by atoms with E-state index in [0.717, 1.165) is 35.1 Å². The average Bonchev–Trinajstić information content (AvgIpc) is 2.88. The lowest BCUT2D eigenvalue weighted by atomic mass is 10.0. The molecule has 23 heavy (non-hydrogen) atoms. The molecule has 0 saturated heterocycles. The summed E-state index contributed by atoms with van der Waals surface area (Å²) in [7, 11) is -3.35. The van der Waals surface area contributed by atoms with E-state index in [0.29, 0.717) is 11.6 Å². The van der Waals surface area contributed by atoms with Gasteiger partial charge in [-0.25, -0.2) is 13.4 Å². The molecule has 0 bridgehead atoms. The number of ether oxygens (including phenoxy) is 1. The molecule has 0 aliphatic carbocycles. The maximum atomic E-state index is 11.2. The fraction of sp³-hybridized carbons (Fsp3) is 0.267. The summed E-state index contributed by atoms with van der Waals surface area (Å²) in [4.78, 5) is 4.12. The molecule has 1 aliphatic rings. The van der Waals surface area contributed by atoms with Gasteiger partial charge >= 0.3 is 0 Å². The standard InChI is InChI=1S/C15H16ClN3O3S/c1-23(20,21)19-14-3-2-9(8-18-14)13-6-11(16)4-10-5-12(7-17)22-15(10)13/h2-4,6,8,12H,5,7,17H2,1H3,(H,18,19). The summed E-state index contributed by atoms with van der Waals surface area (Å²) < 4.78 is 30.7. The fourth-order valence-electron chi connectivity index (χ4n) is 2.54. The largest absolute Gasteiger partial charge is 0.488 e. The molecule has 1 aromatic heterocycles. The number of pyridine rings is 1. The van der Waals surface area contributed by atoms with Gasteiger partial charge in [-0.3, -0.25) is 4.72 Å². The molecular weight excluding hydrogens is 338 g/mol. The number of sulfonamides is 1. The minimum Gasteiger partial charge on any atom is -0.488 e. The maximum Gasteiger partial charge on any atom is 0.230 e. The number of nitrogens with zero attached hydrogens (tertiary/aromatic N) is 1. The second-order valence-electron chi connectivity index (χ2n) is 5.43. The first-order valence-corrected chi connectivity index (χ1v) is 9.26. The number of fused-ring (bicyclic) bond motifs is 1. The number of anilines is 1. The quantitative estimate of drug-likeness (QED) is 0.877. The molecule has 6 nitrogen and oxygen atoms in total. The minimum absolute atomic E-state index is 0.0543. The molecule has 0 fully saturated rings. The van der Waals surface area contributed by atoms with Crippen LogP contribution in [0.3, 0.4) is 0 Å². The summed E-state index contributed by atoms with van der Waals surface area (Å²) in [5.74, 6) is 1.02. The van der Waals surface area contributed by atoms with Gasteiger partial charge in [0.25, 0.3) is 0 Å². The van der Waals surface area contributed by atoms with Crippen LogP contribution in [0.5, 0.6) is 5.75 Å². The van der Waals surface area contributed by atoms with Gasteiger partial charge in [0.05, 0.1) is 6.26 Å². The second-order valence-corrected chi connectivity index (χ2v) is 7.61. The molecule has 8 heteroatoms. The van der Waals surface area contributed by atoms with Crippen LogP contribution in [0, 0.1) is 0 Å². The Balaban J connectivity index is 1.97. The molecule has 1 aliphatic heterocycles. The van der Waals surface area contributed by atoms with Gasteiger partial charge in [-0.1, -0.05) is 11.6 Å². The molecule has 0 spiro atoms. The highest BCUT2D eigenvalue weighted by atomic mass is 35.5. The Morgan fingerprint density at radius 3 is 2.83 bits per heavy atom. The van der Waals surface area contributed by atoms with Crippen LogP contribution in [-0.4, -0.2) is 32.3 Å². The molecule has 2 aromatic rings. The first-order chi connectivity index (χ1) is 10.9. The normalized spacial score (nSPS) is 16.7. The lowest BCUT2D eigenvalue weighted by Crippen LogP contribution is -2.24. The highest BCUT2D eigenvalue weighted by Crippen LogP contribution is 2.40. The monoisotopic (exact) mass is 353 g/mol. The maximum absolute atomic E-state index is 11.2. The lowest BCUT2D eigenvalue weighted by molar-refractivity contribution is 0.242. The number of hydrogen-bond donors (Lipinski definition) is 2. The number of benzene rings is 1. The van der Waals surface area contributed by atoms with Crippen LogP contribution < -0.4 is 15.2 Å². The number of rotatable bonds is 4. The Morgan fingerprint density at radius 1 is 1.43 bits per heavy atom. The summed E-state index contributed by atoms with van der Waals surface area (Å²) >= 11 is 6.19. The predicted octanol–water partition coefficient (Wildman–Crippen LogP) is 2.04. The van der Waals surface area contributed by atoms with E-state index in [2.05, 4.69) is 9.71 Å². The van der Waals surface area contributed by atoms with Crippen molar-refractivity contribution in [1.82, 2.24) is 4.98 Å². The van der Waals surface area contributed by atoms with Gasteiger partial charge in [-0.05, 0) is 29.8 Å². The highest BCUT2D eigenvalue weighted by molar-refractivity contribution is 7.92. The Labute approximate surface area is 139 Å². The van der Waals surface area contributed by atoms with Crippen LogP contribution in [0.15, 0.2) is 30.5 Å². The zero-order chi connectivity index (χ0) is 16.6. The van der Waals surface area contributed by atoms with Gasteiger partial charge in [-0.15, -0.1) is 0 Å². The third-order valence-corrected chi connectivity index (χ3v) is 4.29. The van der Waals surface area contributed by atoms with E-state index in [9.17, 15) is 8.42 Å². The number of aromatic nitrogens is 1. The molecule has 1 aromatic carbocycles. The smallest absolute Gasteiger partial charge is 0.230 e. The number of halogens is 1. The average molecular weight is 354 g/mol. The van der Waals surface area contributed by atoms with E-state index in [4.69, 9.17) is 22.1 Å². The molecule has 0 radical (unpaired) electrons. The zero-order valence-corrected chi connectivity index (χ0v) is 14.0. The van der Waals surface area contributed by atoms with Crippen molar-refractivity contribution in [3.8, 4) is 16.9 Å². The van der Waals surface area contributed by atoms with E-state index in [-0.39, 0.29) is 11.9 Å². The lowest BCUT2D eigenvalue weighted by Gasteiger charge is -2.12. The van der Waals surface area contributed by atoms with E-state index in [1.54, 1.807) is 24.4 Å². The summed E-state index contributed by atoms with van der Waals surface area (Å²) in [5, 5.41) is 0.610. The van der Waals surface area contributed by atoms with E-state index >= 15 is 0 Å². The molecule has 1 unspecified atom stereocenters. The number of nitrogens with one attached hydrogen (secondary N) is 1. The topological polar surface area (TPSA) is 94.3 Å². The van der Waals surface area contributed by atoms with Crippen molar-refractivity contribution in [3.63, 3.8) is 0 Å². The van der Waals surface area contributed by atoms with E-state index in [1.165, 1.54) is 0 Å². The molecule has 3 N–H and O–H groups in total. The van der Waals surface area contributed by atoms with Gasteiger partial charge in [-0.2, -0.15) is 0 Å². The highest BCUT2D eigenvalue weighted by Gasteiger charge is 2.25. The summed E-state index contributed by atoms with van der Waals surface area (Å²) in [6.07, 6.45) is 3.33. The van der Waals surface area contributed by atoms with Crippen LogP contribution in [0.1, 0.15) is 5.56 Å². The zero-order valence-electron chi connectivity index (χ0n) is 12.4. The molecule has 3 rings (SSSR count). The van der Waals surface area contributed by atoms with Gasteiger partial charge in [0, 0.05) is 35.3 Å². The molecule has 0 amide bonds. The summed E-state index contributed by atoms with van der Waals surface area (Å²) in [6, 6.07) is 7.05. The number of hydrogen-bond acceptors (Lipinski definition) is 5.